The Morgan fingerprint density at radius 2 is 1.89 bits per heavy atom. The number of ether oxygens (including phenoxy) is 2. The van der Waals surface area contributed by atoms with Crippen molar-refractivity contribution >= 4 is 5.91 Å². The molecule has 6 heteroatoms. The average molecular weight is 365 g/mol. The van der Waals surface area contributed by atoms with E-state index in [-0.39, 0.29) is 5.91 Å². The van der Waals surface area contributed by atoms with Gasteiger partial charge in [-0.3, -0.25) is 4.79 Å². The predicted octanol–water partition coefficient (Wildman–Crippen LogP) is 3.31. The first-order valence-electron chi connectivity index (χ1n) is 8.80. The molecule has 0 saturated carbocycles. The molecule has 0 unspecified atom stereocenters. The highest BCUT2D eigenvalue weighted by molar-refractivity contribution is 5.94. The molecule has 0 atom stereocenters. The fourth-order valence-electron chi connectivity index (χ4n) is 2.74. The summed E-state index contributed by atoms with van der Waals surface area (Å²) in [6.07, 6.45) is 0.754. The number of hydrogen-bond donors (Lipinski definition) is 1. The molecule has 1 heterocycles. The zero-order valence-corrected chi connectivity index (χ0v) is 15.5. The SMILES string of the molecule is COCCCNC(=O)c1cc(-c2cccc(OC)c2)nn1-c1ccccc1. The fourth-order valence-corrected chi connectivity index (χ4v) is 2.74. The number of carbonyl (C=O) groups is 1. The number of carbonyl (C=O) groups excluding carboxylic acids is 1. The maximum absolute atomic E-state index is 12.7. The van der Waals surface area contributed by atoms with Crippen LogP contribution >= 0.6 is 0 Å². The van der Waals surface area contributed by atoms with Crippen LogP contribution in [-0.2, 0) is 4.74 Å². The van der Waals surface area contributed by atoms with Gasteiger partial charge in [0.2, 0.25) is 0 Å². The van der Waals surface area contributed by atoms with Crippen LogP contribution in [0.1, 0.15) is 16.9 Å². The van der Waals surface area contributed by atoms with Crippen molar-refractivity contribution in [2.75, 3.05) is 27.4 Å². The van der Waals surface area contributed by atoms with Crippen molar-refractivity contribution in [3.8, 4) is 22.7 Å². The van der Waals surface area contributed by atoms with Gasteiger partial charge in [0.25, 0.3) is 5.91 Å². The van der Waals surface area contributed by atoms with Gasteiger partial charge in [-0.25, -0.2) is 4.68 Å². The highest BCUT2D eigenvalue weighted by Gasteiger charge is 2.17. The van der Waals surface area contributed by atoms with Gasteiger partial charge in [0, 0.05) is 25.8 Å². The predicted molar refractivity (Wildman–Crippen MR) is 104 cm³/mol. The Hall–Kier alpha value is -3.12. The number of para-hydroxylation sites is 1. The smallest absolute Gasteiger partial charge is 0.270 e. The maximum Gasteiger partial charge on any atom is 0.270 e. The number of amides is 1. The topological polar surface area (TPSA) is 65.4 Å². The molecule has 3 aromatic rings. The van der Waals surface area contributed by atoms with E-state index in [1.807, 2.05) is 54.6 Å². The number of hydrogen-bond acceptors (Lipinski definition) is 4. The second-order valence-corrected chi connectivity index (χ2v) is 6.00. The van der Waals surface area contributed by atoms with Crippen molar-refractivity contribution < 1.29 is 14.3 Å². The molecule has 0 aliphatic heterocycles. The Morgan fingerprint density at radius 1 is 1.07 bits per heavy atom. The van der Waals surface area contributed by atoms with Crippen LogP contribution in [0, 0.1) is 0 Å². The first-order valence-corrected chi connectivity index (χ1v) is 8.80. The van der Waals surface area contributed by atoms with E-state index in [2.05, 4.69) is 10.4 Å². The largest absolute Gasteiger partial charge is 0.497 e. The van der Waals surface area contributed by atoms with Crippen LogP contribution in [0.5, 0.6) is 5.75 Å². The summed E-state index contributed by atoms with van der Waals surface area (Å²) in [5, 5.41) is 7.59. The van der Waals surface area contributed by atoms with E-state index in [9.17, 15) is 4.79 Å². The van der Waals surface area contributed by atoms with Gasteiger partial charge in [0.15, 0.2) is 0 Å². The summed E-state index contributed by atoms with van der Waals surface area (Å²) in [4.78, 5) is 12.7. The van der Waals surface area contributed by atoms with E-state index >= 15 is 0 Å². The zero-order chi connectivity index (χ0) is 19.1. The maximum atomic E-state index is 12.7. The monoisotopic (exact) mass is 365 g/mol. The molecule has 0 saturated heterocycles. The Morgan fingerprint density at radius 3 is 2.63 bits per heavy atom. The van der Waals surface area contributed by atoms with Crippen molar-refractivity contribution in [3.63, 3.8) is 0 Å². The van der Waals surface area contributed by atoms with Crippen molar-refractivity contribution in [2.24, 2.45) is 0 Å². The molecular formula is C21H23N3O3. The third-order valence-electron chi connectivity index (χ3n) is 4.12. The van der Waals surface area contributed by atoms with Gasteiger partial charge in [-0.1, -0.05) is 30.3 Å². The lowest BCUT2D eigenvalue weighted by Crippen LogP contribution is -2.27. The molecule has 1 amide bonds. The van der Waals surface area contributed by atoms with E-state index in [0.29, 0.717) is 24.5 Å². The van der Waals surface area contributed by atoms with E-state index < -0.39 is 0 Å². The van der Waals surface area contributed by atoms with Gasteiger partial charge < -0.3 is 14.8 Å². The molecule has 3 rings (SSSR count). The molecule has 140 valence electrons. The Labute approximate surface area is 158 Å². The molecule has 1 aromatic heterocycles. The molecule has 0 radical (unpaired) electrons. The molecule has 0 aliphatic rings. The molecule has 0 spiro atoms. The van der Waals surface area contributed by atoms with Gasteiger partial charge in [-0.05, 0) is 36.8 Å². The summed E-state index contributed by atoms with van der Waals surface area (Å²) in [5.74, 6) is 0.573. The molecule has 27 heavy (non-hydrogen) atoms. The van der Waals surface area contributed by atoms with Crippen molar-refractivity contribution in [1.29, 1.82) is 0 Å². The summed E-state index contributed by atoms with van der Waals surface area (Å²) in [5.41, 5.74) is 2.90. The quantitative estimate of drug-likeness (QED) is 0.622. The third-order valence-corrected chi connectivity index (χ3v) is 4.12. The van der Waals surface area contributed by atoms with Gasteiger partial charge >= 0.3 is 0 Å². The summed E-state index contributed by atoms with van der Waals surface area (Å²) in [6, 6.07) is 19.0. The van der Waals surface area contributed by atoms with Crippen LogP contribution in [0.25, 0.3) is 16.9 Å². The summed E-state index contributed by atoms with van der Waals surface area (Å²) >= 11 is 0. The third kappa shape index (κ3) is 4.54. The number of benzene rings is 2. The van der Waals surface area contributed by atoms with Gasteiger partial charge in [0.05, 0.1) is 18.5 Å². The summed E-state index contributed by atoms with van der Waals surface area (Å²) in [6.45, 7) is 1.15. The Bertz CT molecular complexity index is 891. The minimum atomic E-state index is -0.170. The van der Waals surface area contributed by atoms with Crippen molar-refractivity contribution in [1.82, 2.24) is 15.1 Å². The first-order chi connectivity index (χ1) is 13.2. The highest BCUT2D eigenvalue weighted by Crippen LogP contribution is 2.25. The van der Waals surface area contributed by atoms with E-state index in [4.69, 9.17) is 9.47 Å². The molecule has 0 bridgehead atoms. The van der Waals surface area contributed by atoms with E-state index in [0.717, 1.165) is 23.4 Å². The summed E-state index contributed by atoms with van der Waals surface area (Å²) in [7, 11) is 3.27. The lowest BCUT2D eigenvalue weighted by molar-refractivity contribution is 0.0941. The van der Waals surface area contributed by atoms with Gasteiger partial charge in [-0.2, -0.15) is 5.10 Å². The van der Waals surface area contributed by atoms with Crippen LogP contribution in [0.4, 0.5) is 0 Å². The van der Waals surface area contributed by atoms with Gasteiger partial charge in [-0.15, -0.1) is 0 Å². The summed E-state index contributed by atoms with van der Waals surface area (Å²) < 4.78 is 12.0. The van der Waals surface area contributed by atoms with Crippen LogP contribution in [0.15, 0.2) is 60.7 Å². The van der Waals surface area contributed by atoms with Gasteiger partial charge in [0.1, 0.15) is 11.4 Å². The standard InChI is InChI=1S/C21H23N3O3/c1-26-13-7-12-22-21(25)20-15-19(16-8-6-11-18(14-16)27-2)23-24(20)17-9-4-3-5-10-17/h3-6,8-11,14-15H,7,12-13H2,1-2H3,(H,22,25). The Balaban J connectivity index is 1.95. The second-order valence-electron chi connectivity index (χ2n) is 6.00. The fraction of sp³-hybridized carbons (Fsp3) is 0.238. The molecule has 1 N–H and O–H groups in total. The number of aromatic nitrogens is 2. The van der Waals surface area contributed by atoms with Crippen LogP contribution in [0.2, 0.25) is 0 Å². The molecule has 2 aromatic carbocycles. The Kier molecular flexibility index (Phi) is 6.22. The van der Waals surface area contributed by atoms with E-state index in [1.165, 1.54) is 0 Å². The number of nitrogens with one attached hydrogen (secondary N) is 1. The van der Waals surface area contributed by atoms with Crippen LogP contribution in [0.3, 0.4) is 0 Å². The second kappa shape index (κ2) is 9.00. The minimum absolute atomic E-state index is 0.170. The zero-order valence-electron chi connectivity index (χ0n) is 15.5. The molecular weight excluding hydrogens is 342 g/mol. The van der Waals surface area contributed by atoms with Crippen LogP contribution < -0.4 is 10.1 Å². The first kappa shape index (κ1) is 18.7. The molecule has 0 fully saturated rings. The lowest BCUT2D eigenvalue weighted by atomic mass is 10.1. The molecule has 6 nitrogen and oxygen atoms in total. The van der Waals surface area contributed by atoms with Crippen molar-refractivity contribution in [3.05, 3.63) is 66.4 Å². The highest BCUT2D eigenvalue weighted by atomic mass is 16.5. The molecule has 0 aliphatic carbocycles. The number of nitrogens with zero attached hydrogens (tertiary/aromatic N) is 2. The average Bonchev–Trinajstić information content (AvgIpc) is 3.17. The normalized spacial score (nSPS) is 10.6. The lowest BCUT2D eigenvalue weighted by Gasteiger charge is -2.08. The number of methoxy groups -OCH3 is 2. The van der Waals surface area contributed by atoms with Crippen LogP contribution in [-0.4, -0.2) is 43.1 Å². The van der Waals surface area contributed by atoms with E-state index in [1.54, 1.807) is 25.0 Å². The van der Waals surface area contributed by atoms with Crippen molar-refractivity contribution in [2.45, 2.75) is 6.42 Å². The number of rotatable bonds is 8. The minimum Gasteiger partial charge on any atom is -0.497 e.